The van der Waals surface area contributed by atoms with Crippen molar-refractivity contribution in [1.29, 1.82) is 0 Å². The highest BCUT2D eigenvalue weighted by Gasteiger charge is 2.17. The topological polar surface area (TPSA) is 76.9 Å². The first-order valence-electron chi connectivity index (χ1n) is 9.96. The minimum atomic E-state index is -0.382. The number of carbonyl (C=O) groups is 1. The number of hydrogen-bond donors (Lipinski definition) is 1. The highest BCUT2D eigenvalue weighted by atomic mass is 32.1. The van der Waals surface area contributed by atoms with Gasteiger partial charge < -0.3 is 0 Å². The summed E-state index contributed by atoms with van der Waals surface area (Å²) in [5.74, 6) is -0.382. The summed E-state index contributed by atoms with van der Waals surface area (Å²) in [6.45, 7) is 4.37. The van der Waals surface area contributed by atoms with Gasteiger partial charge in [0.25, 0.3) is 11.5 Å². The Morgan fingerprint density at radius 1 is 1.07 bits per heavy atom. The SMILES string of the molecule is CCCc1ccc(-c2csc(NC(=O)c3nn(CC)c(=O)c4ccccc34)n2)cc1. The van der Waals surface area contributed by atoms with Crippen molar-refractivity contribution in [3.63, 3.8) is 0 Å². The second-order valence-corrected chi connectivity index (χ2v) is 7.81. The van der Waals surface area contributed by atoms with Gasteiger partial charge in [0.1, 0.15) is 0 Å². The maximum atomic E-state index is 12.9. The van der Waals surface area contributed by atoms with Crippen LogP contribution in [0.1, 0.15) is 36.3 Å². The van der Waals surface area contributed by atoms with Crippen molar-refractivity contribution < 1.29 is 4.79 Å². The molecule has 0 radical (unpaired) electrons. The Morgan fingerprint density at radius 2 is 1.80 bits per heavy atom. The van der Waals surface area contributed by atoms with Crippen molar-refractivity contribution in [2.75, 3.05) is 5.32 Å². The number of benzene rings is 2. The summed E-state index contributed by atoms with van der Waals surface area (Å²) in [5.41, 5.74) is 3.14. The molecule has 4 aromatic rings. The summed E-state index contributed by atoms with van der Waals surface area (Å²) in [4.78, 5) is 30.0. The number of nitrogens with one attached hydrogen (secondary N) is 1. The number of amides is 1. The lowest BCUT2D eigenvalue weighted by molar-refractivity contribution is 0.102. The van der Waals surface area contributed by atoms with Gasteiger partial charge in [-0.25, -0.2) is 9.67 Å². The normalized spacial score (nSPS) is 11.0. The van der Waals surface area contributed by atoms with Crippen LogP contribution >= 0.6 is 11.3 Å². The standard InChI is InChI=1S/C23H22N4O2S/c1-3-7-15-10-12-16(13-11-15)19-14-30-23(24-19)25-21(28)20-17-8-5-6-9-18(17)22(29)27(4-2)26-20/h5-6,8-14H,3-4,7H2,1-2H3,(H,24,25,28). The zero-order valence-corrected chi connectivity index (χ0v) is 17.7. The predicted octanol–water partition coefficient (Wildman–Crippen LogP) is 4.74. The minimum absolute atomic E-state index is 0.201. The number of hydrogen-bond acceptors (Lipinski definition) is 5. The van der Waals surface area contributed by atoms with Crippen LogP contribution in [0.3, 0.4) is 0 Å². The Kier molecular flexibility index (Phi) is 5.72. The van der Waals surface area contributed by atoms with Crippen molar-refractivity contribution in [3.8, 4) is 11.3 Å². The molecule has 0 aliphatic heterocycles. The summed E-state index contributed by atoms with van der Waals surface area (Å²) in [5, 5.41) is 10.5. The van der Waals surface area contributed by atoms with Crippen molar-refractivity contribution in [3.05, 3.63) is 75.5 Å². The zero-order chi connectivity index (χ0) is 21.1. The van der Waals surface area contributed by atoms with E-state index in [1.165, 1.54) is 21.6 Å². The Balaban J connectivity index is 1.61. The number of carbonyl (C=O) groups excluding carboxylic acids is 1. The molecule has 0 saturated carbocycles. The lowest BCUT2D eigenvalue weighted by atomic mass is 10.1. The van der Waals surface area contributed by atoms with E-state index in [4.69, 9.17) is 0 Å². The second-order valence-electron chi connectivity index (χ2n) is 6.95. The Labute approximate surface area is 178 Å². The van der Waals surface area contributed by atoms with E-state index in [1.54, 1.807) is 24.3 Å². The Hall–Kier alpha value is -3.32. The number of nitrogens with zero attached hydrogens (tertiary/aromatic N) is 3. The Bertz CT molecular complexity index is 1260. The summed E-state index contributed by atoms with van der Waals surface area (Å²) >= 11 is 1.36. The maximum absolute atomic E-state index is 12.9. The van der Waals surface area contributed by atoms with Crippen LogP contribution < -0.4 is 10.9 Å². The molecule has 2 aromatic heterocycles. The van der Waals surface area contributed by atoms with Gasteiger partial charge in [0.05, 0.1) is 11.1 Å². The molecule has 152 valence electrons. The summed E-state index contributed by atoms with van der Waals surface area (Å²) in [6, 6.07) is 15.4. The van der Waals surface area contributed by atoms with E-state index < -0.39 is 0 Å². The summed E-state index contributed by atoms with van der Waals surface area (Å²) < 4.78 is 1.31. The Morgan fingerprint density at radius 3 is 2.50 bits per heavy atom. The average molecular weight is 419 g/mol. The smallest absolute Gasteiger partial charge is 0.278 e. The molecule has 0 bridgehead atoms. The van der Waals surface area contributed by atoms with Crippen LogP contribution in [0.5, 0.6) is 0 Å². The fourth-order valence-electron chi connectivity index (χ4n) is 3.37. The van der Waals surface area contributed by atoms with E-state index in [1.807, 2.05) is 12.3 Å². The van der Waals surface area contributed by atoms with E-state index in [0.29, 0.717) is 22.4 Å². The van der Waals surface area contributed by atoms with Gasteiger partial charge in [0, 0.05) is 22.9 Å². The molecular formula is C23H22N4O2S. The molecule has 0 aliphatic rings. The average Bonchev–Trinajstić information content (AvgIpc) is 3.23. The number of rotatable bonds is 6. The molecule has 7 heteroatoms. The number of anilines is 1. The van der Waals surface area contributed by atoms with Crippen molar-refractivity contribution in [2.45, 2.75) is 33.2 Å². The first kappa shape index (κ1) is 20.0. The number of aromatic nitrogens is 3. The quantitative estimate of drug-likeness (QED) is 0.490. The molecule has 4 rings (SSSR count). The first-order chi connectivity index (χ1) is 14.6. The summed E-state index contributed by atoms with van der Waals surface area (Å²) in [7, 11) is 0. The van der Waals surface area contributed by atoms with Gasteiger partial charge in [-0.2, -0.15) is 5.10 Å². The third kappa shape index (κ3) is 3.89. The molecule has 1 amide bonds. The van der Waals surface area contributed by atoms with E-state index >= 15 is 0 Å². The van der Waals surface area contributed by atoms with Crippen LogP contribution in [0.4, 0.5) is 5.13 Å². The number of thiazole rings is 1. The fraction of sp³-hybridized carbons (Fsp3) is 0.217. The van der Waals surface area contributed by atoms with E-state index in [2.05, 4.69) is 46.6 Å². The molecule has 0 atom stereocenters. The molecule has 0 saturated heterocycles. The molecule has 0 aliphatic carbocycles. The largest absolute Gasteiger partial charge is 0.296 e. The first-order valence-corrected chi connectivity index (χ1v) is 10.8. The van der Waals surface area contributed by atoms with E-state index in [9.17, 15) is 9.59 Å². The van der Waals surface area contributed by atoms with E-state index in [-0.39, 0.29) is 17.2 Å². The maximum Gasteiger partial charge on any atom is 0.278 e. The van der Waals surface area contributed by atoms with Crippen molar-refractivity contribution in [2.24, 2.45) is 0 Å². The number of fused-ring (bicyclic) bond motifs is 1. The molecule has 0 unspecified atom stereocenters. The second kappa shape index (κ2) is 8.59. The molecule has 2 aromatic carbocycles. The predicted molar refractivity (Wildman–Crippen MR) is 121 cm³/mol. The van der Waals surface area contributed by atoms with Crippen LogP contribution in [0.15, 0.2) is 58.7 Å². The molecule has 0 fully saturated rings. The van der Waals surface area contributed by atoms with Crippen molar-refractivity contribution >= 4 is 33.1 Å². The fourth-order valence-corrected chi connectivity index (χ4v) is 4.08. The monoisotopic (exact) mass is 418 g/mol. The zero-order valence-electron chi connectivity index (χ0n) is 16.9. The van der Waals surface area contributed by atoms with Gasteiger partial charge >= 0.3 is 0 Å². The molecular weight excluding hydrogens is 396 g/mol. The molecule has 2 heterocycles. The highest BCUT2D eigenvalue weighted by molar-refractivity contribution is 7.14. The van der Waals surface area contributed by atoms with Gasteiger partial charge in [-0.05, 0) is 25.0 Å². The molecule has 0 spiro atoms. The van der Waals surface area contributed by atoms with Crippen LogP contribution in [-0.4, -0.2) is 20.7 Å². The van der Waals surface area contributed by atoms with Crippen LogP contribution in [0.2, 0.25) is 0 Å². The van der Waals surface area contributed by atoms with Crippen LogP contribution in [0, 0.1) is 0 Å². The van der Waals surface area contributed by atoms with E-state index in [0.717, 1.165) is 24.1 Å². The highest BCUT2D eigenvalue weighted by Crippen LogP contribution is 2.26. The molecule has 1 N–H and O–H groups in total. The lowest BCUT2D eigenvalue weighted by Gasteiger charge is -2.09. The van der Waals surface area contributed by atoms with Gasteiger partial charge in [-0.15, -0.1) is 11.3 Å². The summed E-state index contributed by atoms with van der Waals surface area (Å²) in [6.07, 6.45) is 2.17. The molecule has 30 heavy (non-hydrogen) atoms. The number of aryl methyl sites for hydroxylation is 2. The molecule has 6 nitrogen and oxygen atoms in total. The van der Waals surface area contributed by atoms with Gasteiger partial charge in [0.2, 0.25) is 0 Å². The third-order valence-corrected chi connectivity index (χ3v) is 5.65. The van der Waals surface area contributed by atoms with Crippen LogP contribution in [0.25, 0.3) is 22.0 Å². The van der Waals surface area contributed by atoms with Gasteiger partial charge in [0.15, 0.2) is 10.8 Å². The minimum Gasteiger partial charge on any atom is -0.296 e. The van der Waals surface area contributed by atoms with Crippen LogP contribution in [-0.2, 0) is 13.0 Å². The third-order valence-electron chi connectivity index (χ3n) is 4.90. The lowest BCUT2D eigenvalue weighted by Crippen LogP contribution is -2.27. The van der Waals surface area contributed by atoms with Gasteiger partial charge in [-0.1, -0.05) is 55.8 Å². The van der Waals surface area contributed by atoms with Gasteiger partial charge in [-0.3, -0.25) is 14.9 Å². The van der Waals surface area contributed by atoms with Crippen molar-refractivity contribution in [1.82, 2.24) is 14.8 Å².